The van der Waals surface area contributed by atoms with E-state index < -0.39 is 30.5 Å². The molecule has 2 N–H and O–H groups in total. The lowest BCUT2D eigenvalue weighted by Gasteiger charge is -2.37. The van der Waals surface area contributed by atoms with Gasteiger partial charge in [0.05, 0.1) is 18.0 Å². The number of halogens is 2. The first-order chi connectivity index (χ1) is 13.7. The average Bonchev–Trinajstić information content (AvgIpc) is 2.97. The van der Waals surface area contributed by atoms with Gasteiger partial charge in [0, 0.05) is 31.9 Å². The molecular weight excluding hydrogens is 388 g/mol. The molecule has 4 rings (SSSR count). The highest BCUT2D eigenvalue weighted by atomic mass is 19.3. The van der Waals surface area contributed by atoms with E-state index in [4.69, 9.17) is 5.11 Å². The normalized spacial score (nSPS) is 22.1. The summed E-state index contributed by atoms with van der Waals surface area (Å²) in [5.41, 5.74) is 0.957. The highest BCUT2D eigenvalue weighted by Crippen LogP contribution is 2.41. The molecule has 2 fully saturated rings. The highest BCUT2D eigenvalue weighted by molar-refractivity contribution is 6.08. The Kier molecular flexibility index (Phi) is 4.39. The summed E-state index contributed by atoms with van der Waals surface area (Å²) in [6.07, 6.45) is -1.20. The number of nitrogens with one attached hydrogen (secondary N) is 1. The number of rotatable bonds is 2. The van der Waals surface area contributed by atoms with Crippen molar-refractivity contribution in [2.24, 2.45) is 7.05 Å². The molecule has 0 unspecified atom stereocenters. The molecule has 0 aliphatic carbocycles. The second-order valence-corrected chi connectivity index (χ2v) is 7.29. The molecule has 4 amide bonds. The Balaban J connectivity index is 1.67. The van der Waals surface area contributed by atoms with Gasteiger partial charge in [-0.3, -0.25) is 19.7 Å². The van der Waals surface area contributed by atoms with Gasteiger partial charge in [0.2, 0.25) is 5.91 Å². The minimum absolute atomic E-state index is 0.00611. The minimum Gasteiger partial charge on any atom is -0.465 e. The molecule has 0 radical (unpaired) electrons. The quantitative estimate of drug-likeness (QED) is 0.793. The number of hydrogen-bond donors (Lipinski definition) is 2. The SMILES string of the molecule is Cn1nc(N2CCC(=O)NC2=O)c2ccc([C@@H]3CCN(C(=O)O)CC3(F)F)cc21. The molecule has 2 aromatic rings. The van der Waals surface area contributed by atoms with Crippen molar-refractivity contribution < 1.29 is 28.3 Å². The number of fused-ring (bicyclic) bond motifs is 1. The molecule has 154 valence electrons. The summed E-state index contributed by atoms with van der Waals surface area (Å²) in [5, 5.41) is 16.2. The molecular formula is C18H19F2N5O4. The molecule has 1 atom stereocenters. The standard InChI is InChI=1S/C18H19F2N5O4/c1-23-13-8-10(12-4-6-24(17(28)29)9-18(12,19)20)2-3-11(13)15(22-23)25-7-5-14(26)21-16(25)27/h2-3,8,12H,4-7,9H2,1H3,(H,28,29)(H,21,26,27)/t12-/m0/s1. The lowest BCUT2D eigenvalue weighted by Crippen LogP contribution is -2.49. The number of hydrogen-bond acceptors (Lipinski definition) is 4. The van der Waals surface area contributed by atoms with Gasteiger partial charge in [0.1, 0.15) is 0 Å². The topological polar surface area (TPSA) is 108 Å². The van der Waals surface area contributed by atoms with Crippen molar-refractivity contribution in [3.8, 4) is 0 Å². The summed E-state index contributed by atoms with van der Waals surface area (Å²) < 4.78 is 30.8. The first-order valence-electron chi connectivity index (χ1n) is 9.11. The lowest BCUT2D eigenvalue weighted by atomic mass is 9.86. The fraction of sp³-hybridized carbons (Fsp3) is 0.444. The molecule has 1 aromatic carbocycles. The molecule has 0 saturated carbocycles. The largest absolute Gasteiger partial charge is 0.465 e. The van der Waals surface area contributed by atoms with Crippen LogP contribution in [-0.2, 0) is 11.8 Å². The van der Waals surface area contributed by atoms with E-state index in [1.807, 2.05) is 0 Å². The number of piperidine rings is 1. The summed E-state index contributed by atoms with van der Waals surface area (Å²) in [5.74, 6) is -4.31. The van der Waals surface area contributed by atoms with Gasteiger partial charge in [-0.2, -0.15) is 5.10 Å². The molecule has 0 spiro atoms. The summed E-state index contributed by atoms with van der Waals surface area (Å²) >= 11 is 0. The van der Waals surface area contributed by atoms with Crippen LogP contribution in [0.25, 0.3) is 10.9 Å². The van der Waals surface area contributed by atoms with E-state index in [-0.39, 0.29) is 31.8 Å². The van der Waals surface area contributed by atoms with E-state index in [1.165, 1.54) is 9.58 Å². The summed E-state index contributed by atoms with van der Waals surface area (Å²) in [7, 11) is 1.65. The van der Waals surface area contributed by atoms with Gasteiger partial charge in [0.25, 0.3) is 5.92 Å². The maximum absolute atomic E-state index is 14.6. The average molecular weight is 407 g/mol. The number of imide groups is 1. The second kappa shape index (κ2) is 6.68. The van der Waals surface area contributed by atoms with Crippen LogP contribution >= 0.6 is 0 Å². The van der Waals surface area contributed by atoms with Crippen LogP contribution in [0.2, 0.25) is 0 Å². The smallest absolute Gasteiger partial charge is 0.407 e. The monoisotopic (exact) mass is 407 g/mol. The zero-order valence-corrected chi connectivity index (χ0v) is 15.6. The number of alkyl halides is 2. The van der Waals surface area contributed by atoms with E-state index in [0.717, 1.165) is 4.90 Å². The van der Waals surface area contributed by atoms with Crippen molar-refractivity contribution in [1.82, 2.24) is 20.0 Å². The van der Waals surface area contributed by atoms with Crippen LogP contribution in [0, 0.1) is 0 Å². The van der Waals surface area contributed by atoms with E-state index in [1.54, 1.807) is 25.2 Å². The molecule has 3 heterocycles. The number of benzene rings is 1. The molecule has 0 bridgehead atoms. The number of nitrogens with zero attached hydrogens (tertiary/aromatic N) is 4. The first-order valence-corrected chi connectivity index (χ1v) is 9.11. The van der Waals surface area contributed by atoms with Gasteiger partial charge in [0.15, 0.2) is 5.82 Å². The van der Waals surface area contributed by atoms with Gasteiger partial charge in [-0.1, -0.05) is 6.07 Å². The van der Waals surface area contributed by atoms with Crippen molar-refractivity contribution in [2.45, 2.75) is 24.7 Å². The van der Waals surface area contributed by atoms with Crippen LogP contribution in [0.3, 0.4) is 0 Å². The van der Waals surface area contributed by atoms with Gasteiger partial charge in [-0.25, -0.2) is 18.4 Å². The third-order valence-corrected chi connectivity index (χ3v) is 5.44. The van der Waals surface area contributed by atoms with Crippen molar-refractivity contribution in [3.63, 3.8) is 0 Å². The summed E-state index contributed by atoms with van der Waals surface area (Å²) in [6, 6.07) is 4.23. The van der Waals surface area contributed by atoms with Crippen LogP contribution in [0.4, 0.5) is 24.2 Å². The second-order valence-electron chi connectivity index (χ2n) is 7.29. The molecule has 11 heteroatoms. The van der Waals surface area contributed by atoms with Gasteiger partial charge < -0.3 is 10.0 Å². The molecule has 1 aromatic heterocycles. The van der Waals surface area contributed by atoms with E-state index in [9.17, 15) is 23.2 Å². The fourth-order valence-corrected chi connectivity index (χ4v) is 3.95. The maximum atomic E-state index is 14.6. The molecule has 2 aliphatic heterocycles. The number of carbonyl (C=O) groups is 3. The van der Waals surface area contributed by atoms with Crippen LogP contribution in [0.1, 0.15) is 24.3 Å². The number of aryl methyl sites for hydroxylation is 1. The van der Waals surface area contributed by atoms with E-state index in [0.29, 0.717) is 22.3 Å². The summed E-state index contributed by atoms with van der Waals surface area (Å²) in [4.78, 5) is 36.6. The Bertz CT molecular complexity index is 1020. The number of amides is 4. The van der Waals surface area contributed by atoms with Gasteiger partial charge >= 0.3 is 12.1 Å². The predicted molar refractivity (Wildman–Crippen MR) is 98.1 cm³/mol. The van der Waals surface area contributed by atoms with Crippen LogP contribution in [0.5, 0.6) is 0 Å². The number of carbonyl (C=O) groups excluding carboxylic acids is 2. The van der Waals surface area contributed by atoms with E-state index in [2.05, 4.69) is 10.4 Å². The molecule has 2 saturated heterocycles. The minimum atomic E-state index is -3.20. The molecule has 2 aliphatic rings. The predicted octanol–water partition coefficient (Wildman–Crippen LogP) is 2.12. The van der Waals surface area contributed by atoms with Crippen LogP contribution in [0.15, 0.2) is 18.2 Å². The Morgan fingerprint density at radius 2 is 2.07 bits per heavy atom. The third kappa shape index (κ3) is 3.26. The lowest BCUT2D eigenvalue weighted by molar-refractivity contribution is -0.120. The molecule has 29 heavy (non-hydrogen) atoms. The number of aromatic nitrogens is 2. The zero-order chi connectivity index (χ0) is 20.9. The van der Waals surface area contributed by atoms with Gasteiger partial charge in [-0.15, -0.1) is 0 Å². The third-order valence-electron chi connectivity index (χ3n) is 5.44. The summed E-state index contributed by atoms with van der Waals surface area (Å²) in [6.45, 7) is -0.625. The number of likely N-dealkylation sites (tertiary alicyclic amines) is 1. The van der Waals surface area contributed by atoms with Crippen molar-refractivity contribution >= 4 is 34.8 Å². The van der Waals surface area contributed by atoms with Crippen LogP contribution < -0.4 is 10.2 Å². The van der Waals surface area contributed by atoms with Crippen molar-refractivity contribution in [3.05, 3.63) is 23.8 Å². The Morgan fingerprint density at radius 3 is 2.72 bits per heavy atom. The Morgan fingerprint density at radius 1 is 1.31 bits per heavy atom. The number of urea groups is 1. The number of carboxylic acid groups (broad SMARTS) is 1. The fourth-order valence-electron chi connectivity index (χ4n) is 3.95. The molecule has 9 nitrogen and oxygen atoms in total. The van der Waals surface area contributed by atoms with Gasteiger partial charge in [-0.05, 0) is 24.1 Å². The zero-order valence-electron chi connectivity index (χ0n) is 15.6. The van der Waals surface area contributed by atoms with Crippen molar-refractivity contribution in [2.75, 3.05) is 24.5 Å². The van der Waals surface area contributed by atoms with E-state index >= 15 is 0 Å². The van der Waals surface area contributed by atoms with Crippen LogP contribution in [-0.4, -0.2) is 63.4 Å². The Hall–Kier alpha value is -3.24. The van der Waals surface area contributed by atoms with Crippen molar-refractivity contribution in [1.29, 1.82) is 0 Å². The number of anilines is 1. The maximum Gasteiger partial charge on any atom is 0.407 e. The highest BCUT2D eigenvalue weighted by Gasteiger charge is 2.46. The Labute approximate surface area is 163 Å². The first kappa shape index (κ1) is 19.1.